The Hall–Kier alpha value is -1.12. The van der Waals surface area contributed by atoms with Crippen molar-refractivity contribution < 1.29 is 9.47 Å². The second-order valence-corrected chi connectivity index (χ2v) is 4.37. The first-order valence-electron chi connectivity index (χ1n) is 5.98. The fourth-order valence-corrected chi connectivity index (χ4v) is 1.66. The molecular weight excluding hydrogens is 212 g/mol. The van der Waals surface area contributed by atoms with E-state index in [4.69, 9.17) is 9.47 Å². The number of methoxy groups -OCH3 is 1. The highest BCUT2D eigenvalue weighted by Gasteiger charge is 2.12. The maximum absolute atomic E-state index is 5.74. The van der Waals surface area contributed by atoms with Crippen LogP contribution in [0, 0.1) is 6.92 Å². The summed E-state index contributed by atoms with van der Waals surface area (Å²) in [5.74, 6) is 0. The number of hydrogen-bond acceptors (Lipinski definition) is 2. The van der Waals surface area contributed by atoms with Gasteiger partial charge in [0.1, 0.15) is 0 Å². The van der Waals surface area contributed by atoms with Crippen LogP contribution in [0.25, 0.3) is 0 Å². The van der Waals surface area contributed by atoms with Crippen LogP contribution in [-0.4, -0.2) is 13.7 Å². The van der Waals surface area contributed by atoms with Crippen molar-refractivity contribution in [3.63, 3.8) is 0 Å². The van der Waals surface area contributed by atoms with Gasteiger partial charge in [0.15, 0.2) is 6.29 Å². The first kappa shape index (κ1) is 13.9. The fourth-order valence-electron chi connectivity index (χ4n) is 1.66. The Labute approximate surface area is 104 Å². The summed E-state index contributed by atoms with van der Waals surface area (Å²) in [5, 5.41) is 0. The highest BCUT2D eigenvalue weighted by molar-refractivity contribution is 5.26. The maximum atomic E-state index is 5.74. The van der Waals surface area contributed by atoms with Gasteiger partial charge < -0.3 is 9.47 Å². The van der Waals surface area contributed by atoms with E-state index < -0.39 is 0 Å². The Morgan fingerprint density at radius 3 is 2.59 bits per heavy atom. The number of rotatable bonds is 6. The molecule has 2 heteroatoms. The fraction of sp³-hybridized carbons (Fsp3) is 0.467. The molecule has 0 saturated heterocycles. The molecule has 0 unspecified atom stereocenters. The molecule has 0 N–H and O–H groups in total. The van der Waals surface area contributed by atoms with Gasteiger partial charge in [-0.2, -0.15) is 0 Å². The van der Waals surface area contributed by atoms with Crippen molar-refractivity contribution in [2.45, 2.75) is 33.5 Å². The van der Waals surface area contributed by atoms with E-state index in [9.17, 15) is 0 Å². The zero-order valence-electron chi connectivity index (χ0n) is 11.2. The summed E-state index contributed by atoms with van der Waals surface area (Å²) in [7, 11) is 1.68. The molecule has 0 aliphatic carbocycles. The van der Waals surface area contributed by atoms with Crippen molar-refractivity contribution in [2.75, 3.05) is 13.7 Å². The lowest BCUT2D eigenvalue weighted by Crippen LogP contribution is -2.09. The summed E-state index contributed by atoms with van der Waals surface area (Å²) in [5.41, 5.74) is 3.62. The largest absolute Gasteiger partial charge is 0.352 e. The van der Waals surface area contributed by atoms with Crippen molar-refractivity contribution in [2.24, 2.45) is 0 Å². The maximum Gasteiger partial charge on any atom is 0.183 e. The van der Waals surface area contributed by atoms with Crippen LogP contribution in [0.5, 0.6) is 0 Å². The molecule has 0 heterocycles. The van der Waals surface area contributed by atoms with Crippen LogP contribution in [0.2, 0.25) is 0 Å². The molecule has 0 aromatic heterocycles. The molecule has 2 nitrogen and oxygen atoms in total. The number of hydrogen-bond donors (Lipinski definition) is 0. The normalized spacial score (nSPS) is 12.2. The molecule has 0 spiro atoms. The summed E-state index contributed by atoms with van der Waals surface area (Å²) in [4.78, 5) is 0. The van der Waals surface area contributed by atoms with Gasteiger partial charge in [0.05, 0.1) is 6.61 Å². The highest BCUT2D eigenvalue weighted by atomic mass is 16.7. The van der Waals surface area contributed by atoms with Crippen molar-refractivity contribution in [3.05, 3.63) is 47.0 Å². The van der Waals surface area contributed by atoms with Gasteiger partial charge in [0.2, 0.25) is 0 Å². The number of aryl methyl sites for hydroxylation is 1. The minimum atomic E-state index is -0.262. The van der Waals surface area contributed by atoms with Crippen molar-refractivity contribution in [1.82, 2.24) is 0 Å². The van der Waals surface area contributed by atoms with E-state index in [1.165, 1.54) is 11.1 Å². The lowest BCUT2D eigenvalue weighted by atomic mass is 10.1. The van der Waals surface area contributed by atoms with E-state index in [-0.39, 0.29) is 6.29 Å². The average Bonchev–Trinajstić information content (AvgIpc) is 2.30. The Bertz CT molecular complexity index is 365. The van der Waals surface area contributed by atoms with E-state index in [2.05, 4.69) is 32.9 Å². The molecule has 1 aromatic carbocycles. The molecule has 1 aromatic rings. The topological polar surface area (TPSA) is 18.5 Å². The Kier molecular flexibility index (Phi) is 5.95. The van der Waals surface area contributed by atoms with E-state index in [0.717, 1.165) is 12.0 Å². The zero-order valence-corrected chi connectivity index (χ0v) is 11.2. The Morgan fingerprint density at radius 1 is 1.29 bits per heavy atom. The third-order valence-electron chi connectivity index (χ3n) is 2.60. The molecule has 0 radical (unpaired) electrons. The number of allylic oxidation sites excluding steroid dienone is 1. The van der Waals surface area contributed by atoms with Gasteiger partial charge in [-0.15, -0.1) is 0 Å². The molecular formula is C15H22O2. The quantitative estimate of drug-likeness (QED) is 0.420. The SMILES string of the molecule is CO[C@H](OCCC=C(C)C)c1ccccc1C. The second-order valence-electron chi connectivity index (χ2n) is 4.37. The van der Waals surface area contributed by atoms with Crippen molar-refractivity contribution in [3.8, 4) is 0 Å². The molecule has 0 saturated carbocycles. The van der Waals surface area contributed by atoms with Gasteiger partial charge in [0.25, 0.3) is 0 Å². The van der Waals surface area contributed by atoms with Crippen LogP contribution in [0.1, 0.15) is 37.7 Å². The van der Waals surface area contributed by atoms with Crippen LogP contribution in [-0.2, 0) is 9.47 Å². The van der Waals surface area contributed by atoms with Crippen molar-refractivity contribution >= 4 is 0 Å². The summed E-state index contributed by atoms with van der Waals surface area (Å²) in [6.07, 6.45) is 2.83. The van der Waals surface area contributed by atoms with Crippen LogP contribution < -0.4 is 0 Å². The third-order valence-corrected chi connectivity index (χ3v) is 2.60. The van der Waals surface area contributed by atoms with Crippen LogP contribution in [0.15, 0.2) is 35.9 Å². The summed E-state index contributed by atoms with van der Waals surface area (Å²) < 4.78 is 11.1. The lowest BCUT2D eigenvalue weighted by Gasteiger charge is -2.18. The molecule has 0 aliphatic rings. The highest BCUT2D eigenvalue weighted by Crippen LogP contribution is 2.21. The molecule has 0 fully saturated rings. The van der Waals surface area contributed by atoms with Gasteiger partial charge >= 0.3 is 0 Å². The minimum Gasteiger partial charge on any atom is -0.352 e. The molecule has 0 bridgehead atoms. The summed E-state index contributed by atoms with van der Waals surface area (Å²) in [6.45, 7) is 6.93. The molecule has 0 amide bonds. The monoisotopic (exact) mass is 234 g/mol. The number of ether oxygens (including phenoxy) is 2. The van der Waals surface area contributed by atoms with Gasteiger partial charge in [0, 0.05) is 12.7 Å². The zero-order chi connectivity index (χ0) is 12.7. The molecule has 1 atom stereocenters. The lowest BCUT2D eigenvalue weighted by molar-refractivity contribution is -0.126. The number of benzene rings is 1. The summed E-state index contributed by atoms with van der Waals surface area (Å²) in [6, 6.07) is 8.15. The first-order valence-corrected chi connectivity index (χ1v) is 5.98. The van der Waals surface area contributed by atoms with Gasteiger partial charge in [-0.05, 0) is 32.8 Å². The Balaban J connectivity index is 2.55. The van der Waals surface area contributed by atoms with Gasteiger partial charge in [-0.1, -0.05) is 35.9 Å². The average molecular weight is 234 g/mol. The summed E-state index contributed by atoms with van der Waals surface area (Å²) >= 11 is 0. The Morgan fingerprint density at radius 2 is 2.00 bits per heavy atom. The van der Waals surface area contributed by atoms with Gasteiger partial charge in [-0.25, -0.2) is 0 Å². The molecule has 17 heavy (non-hydrogen) atoms. The van der Waals surface area contributed by atoms with Crippen LogP contribution in [0.3, 0.4) is 0 Å². The predicted molar refractivity (Wildman–Crippen MR) is 70.9 cm³/mol. The predicted octanol–water partition coefficient (Wildman–Crippen LogP) is 4.01. The van der Waals surface area contributed by atoms with Gasteiger partial charge in [-0.3, -0.25) is 0 Å². The van der Waals surface area contributed by atoms with E-state index in [1.807, 2.05) is 18.2 Å². The van der Waals surface area contributed by atoms with E-state index in [1.54, 1.807) is 7.11 Å². The molecule has 1 rings (SSSR count). The van der Waals surface area contributed by atoms with E-state index >= 15 is 0 Å². The first-order chi connectivity index (χ1) is 8.15. The molecule has 94 valence electrons. The minimum absolute atomic E-state index is 0.262. The van der Waals surface area contributed by atoms with Crippen molar-refractivity contribution in [1.29, 1.82) is 0 Å². The third kappa shape index (κ3) is 4.72. The van der Waals surface area contributed by atoms with Crippen LogP contribution in [0.4, 0.5) is 0 Å². The van der Waals surface area contributed by atoms with E-state index in [0.29, 0.717) is 6.61 Å². The molecule has 0 aliphatic heterocycles. The second kappa shape index (κ2) is 7.25. The standard InChI is InChI=1S/C15H22O2/c1-12(2)8-7-11-17-15(16-4)14-10-6-5-9-13(14)3/h5-6,8-10,15H,7,11H2,1-4H3/t15-/m1/s1. The van der Waals surface area contributed by atoms with Crippen LogP contribution >= 0.6 is 0 Å². The smallest absolute Gasteiger partial charge is 0.183 e.